The monoisotopic (exact) mass is 302 g/mol. The molecule has 0 radical (unpaired) electrons. The summed E-state index contributed by atoms with van der Waals surface area (Å²) in [6, 6.07) is 10.2. The Morgan fingerprint density at radius 2 is 2.10 bits per heavy atom. The van der Waals surface area contributed by atoms with E-state index in [2.05, 4.69) is 22.1 Å². The number of aldehydes is 1. The molecule has 0 aliphatic carbocycles. The molecule has 1 aliphatic rings. The van der Waals surface area contributed by atoms with Crippen molar-refractivity contribution in [3.05, 3.63) is 47.4 Å². The number of benzene rings is 1. The van der Waals surface area contributed by atoms with Crippen LogP contribution >= 0.6 is 11.6 Å². The van der Waals surface area contributed by atoms with Crippen molar-refractivity contribution in [2.24, 2.45) is 0 Å². The van der Waals surface area contributed by atoms with Crippen LogP contribution in [0, 0.1) is 0 Å². The number of nitrogens with zero attached hydrogens (tertiary/aromatic N) is 4. The van der Waals surface area contributed by atoms with Gasteiger partial charge in [-0.15, -0.1) is 0 Å². The smallest absolute Gasteiger partial charge is 0.224 e. The van der Waals surface area contributed by atoms with Crippen LogP contribution in [0.15, 0.2) is 36.5 Å². The van der Waals surface area contributed by atoms with E-state index in [1.54, 1.807) is 6.20 Å². The number of halogens is 1. The van der Waals surface area contributed by atoms with E-state index < -0.39 is 0 Å². The Morgan fingerprint density at radius 1 is 1.33 bits per heavy atom. The molecule has 0 N–H and O–H groups in total. The summed E-state index contributed by atoms with van der Waals surface area (Å²) in [5.41, 5.74) is 2.04. The first-order valence-electron chi connectivity index (χ1n) is 6.72. The molecule has 0 fully saturated rings. The lowest BCUT2D eigenvalue weighted by atomic mass is 10.1. The zero-order chi connectivity index (χ0) is 14.8. The number of rotatable bonds is 4. The number of hydrogen-bond acceptors (Lipinski definition) is 5. The maximum absolute atomic E-state index is 11.4. The fraction of sp³-hybridized carbons (Fsp3) is 0.267. The maximum atomic E-state index is 11.4. The van der Waals surface area contributed by atoms with E-state index in [0.717, 1.165) is 18.4 Å². The van der Waals surface area contributed by atoms with Crippen LogP contribution in [0.25, 0.3) is 0 Å². The summed E-state index contributed by atoms with van der Waals surface area (Å²) in [7, 11) is 1.86. The van der Waals surface area contributed by atoms with E-state index in [-0.39, 0.29) is 11.4 Å². The number of hydrogen-bond donors (Lipinski definition) is 0. The molecule has 3 rings (SSSR count). The molecule has 108 valence electrons. The average Bonchev–Trinajstić information content (AvgIpc) is 2.77. The SMILES string of the molecule is CN1c2cnc(Cl)nc2N(CCc2ccccc2)C1C=O. The Kier molecular flexibility index (Phi) is 3.75. The molecule has 0 amide bonds. The minimum atomic E-state index is -0.364. The van der Waals surface area contributed by atoms with Crippen molar-refractivity contribution >= 4 is 29.4 Å². The standard InChI is InChI=1S/C15H15ClN4O/c1-19-12-9-17-15(16)18-14(12)20(13(19)10-21)8-7-11-5-3-2-4-6-11/h2-6,9-10,13H,7-8H2,1H3. The summed E-state index contributed by atoms with van der Waals surface area (Å²) in [6.45, 7) is 0.693. The van der Waals surface area contributed by atoms with Crippen molar-refractivity contribution in [2.75, 3.05) is 23.4 Å². The maximum Gasteiger partial charge on any atom is 0.224 e. The molecular weight excluding hydrogens is 288 g/mol. The van der Waals surface area contributed by atoms with E-state index in [1.165, 1.54) is 5.56 Å². The third kappa shape index (κ3) is 2.56. The summed E-state index contributed by atoms with van der Waals surface area (Å²) >= 11 is 5.89. The van der Waals surface area contributed by atoms with Crippen molar-refractivity contribution in [1.82, 2.24) is 9.97 Å². The lowest BCUT2D eigenvalue weighted by Gasteiger charge is -2.25. The molecule has 21 heavy (non-hydrogen) atoms. The van der Waals surface area contributed by atoms with Gasteiger partial charge in [-0.2, -0.15) is 4.98 Å². The third-order valence-electron chi connectivity index (χ3n) is 3.69. The van der Waals surface area contributed by atoms with Gasteiger partial charge < -0.3 is 9.80 Å². The first-order chi connectivity index (χ1) is 10.2. The van der Waals surface area contributed by atoms with Gasteiger partial charge in [0.15, 0.2) is 18.3 Å². The normalized spacial score (nSPS) is 17.0. The highest BCUT2D eigenvalue weighted by Gasteiger charge is 2.34. The van der Waals surface area contributed by atoms with Gasteiger partial charge in [0.25, 0.3) is 0 Å². The van der Waals surface area contributed by atoms with Crippen molar-refractivity contribution in [2.45, 2.75) is 12.6 Å². The van der Waals surface area contributed by atoms with Crippen LogP contribution < -0.4 is 9.80 Å². The number of anilines is 2. The van der Waals surface area contributed by atoms with Gasteiger partial charge in [0.2, 0.25) is 5.28 Å². The molecule has 1 atom stereocenters. The Labute approximate surface area is 128 Å². The molecule has 0 spiro atoms. The van der Waals surface area contributed by atoms with E-state index in [1.807, 2.05) is 35.0 Å². The minimum Gasteiger partial charge on any atom is -0.344 e. The van der Waals surface area contributed by atoms with Gasteiger partial charge in [-0.25, -0.2) is 4.98 Å². The molecule has 1 aromatic heterocycles. The van der Waals surface area contributed by atoms with E-state index >= 15 is 0 Å². The van der Waals surface area contributed by atoms with Crippen LogP contribution in [-0.4, -0.2) is 36.0 Å². The van der Waals surface area contributed by atoms with Crippen LogP contribution in [0.2, 0.25) is 5.28 Å². The molecule has 1 aliphatic heterocycles. The highest BCUT2D eigenvalue weighted by atomic mass is 35.5. The van der Waals surface area contributed by atoms with Gasteiger partial charge in [0.05, 0.1) is 6.20 Å². The molecular formula is C15H15ClN4O. The molecule has 0 bridgehead atoms. The second-order valence-electron chi connectivity index (χ2n) is 4.94. The van der Waals surface area contributed by atoms with Gasteiger partial charge in [0, 0.05) is 13.6 Å². The molecule has 1 unspecified atom stereocenters. The van der Waals surface area contributed by atoms with Gasteiger partial charge in [-0.1, -0.05) is 30.3 Å². The summed E-state index contributed by atoms with van der Waals surface area (Å²) < 4.78 is 0. The topological polar surface area (TPSA) is 49.3 Å². The van der Waals surface area contributed by atoms with Gasteiger partial charge in [0.1, 0.15) is 5.69 Å². The highest BCUT2D eigenvalue weighted by molar-refractivity contribution is 6.28. The first kappa shape index (κ1) is 13.8. The minimum absolute atomic E-state index is 0.193. The van der Waals surface area contributed by atoms with E-state index in [0.29, 0.717) is 12.4 Å². The predicted octanol–water partition coefficient (Wildman–Crippen LogP) is 2.15. The zero-order valence-corrected chi connectivity index (χ0v) is 12.4. The number of carbonyl (C=O) groups excluding carboxylic acids is 1. The van der Waals surface area contributed by atoms with Gasteiger partial charge in [-0.05, 0) is 23.6 Å². The van der Waals surface area contributed by atoms with Crippen LogP contribution in [0.4, 0.5) is 11.5 Å². The number of aromatic nitrogens is 2. The number of carbonyl (C=O) groups is 1. The summed E-state index contributed by atoms with van der Waals surface area (Å²) in [6.07, 6.45) is 3.04. The Hall–Kier alpha value is -2.14. The van der Waals surface area contributed by atoms with Crippen LogP contribution in [0.5, 0.6) is 0 Å². The summed E-state index contributed by atoms with van der Waals surface area (Å²) in [5, 5.41) is 0.193. The zero-order valence-electron chi connectivity index (χ0n) is 11.6. The number of fused-ring (bicyclic) bond motifs is 1. The van der Waals surface area contributed by atoms with Crippen molar-refractivity contribution in [3.8, 4) is 0 Å². The van der Waals surface area contributed by atoms with Crippen LogP contribution in [0.1, 0.15) is 5.56 Å². The summed E-state index contributed by atoms with van der Waals surface area (Å²) in [5.74, 6) is 0.713. The van der Waals surface area contributed by atoms with Crippen LogP contribution in [0.3, 0.4) is 0 Å². The fourth-order valence-electron chi connectivity index (χ4n) is 2.58. The van der Waals surface area contributed by atoms with E-state index in [4.69, 9.17) is 11.6 Å². The van der Waals surface area contributed by atoms with Gasteiger partial charge in [-0.3, -0.25) is 4.79 Å². The largest absolute Gasteiger partial charge is 0.344 e. The highest BCUT2D eigenvalue weighted by Crippen LogP contribution is 2.36. The average molecular weight is 303 g/mol. The van der Waals surface area contributed by atoms with Crippen molar-refractivity contribution < 1.29 is 4.79 Å². The first-order valence-corrected chi connectivity index (χ1v) is 7.09. The molecule has 2 heterocycles. The Balaban J connectivity index is 1.86. The summed E-state index contributed by atoms with van der Waals surface area (Å²) in [4.78, 5) is 23.5. The molecule has 6 heteroatoms. The second kappa shape index (κ2) is 5.69. The molecule has 0 saturated carbocycles. The fourth-order valence-corrected chi connectivity index (χ4v) is 2.71. The molecule has 0 saturated heterocycles. The molecule has 5 nitrogen and oxygen atoms in total. The Morgan fingerprint density at radius 3 is 2.81 bits per heavy atom. The van der Waals surface area contributed by atoms with Crippen molar-refractivity contribution in [3.63, 3.8) is 0 Å². The van der Waals surface area contributed by atoms with Crippen molar-refractivity contribution in [1.29, 1.82) is 0 Å². The van der Waals surface area contributed by atoms with Gasteiger partial charge >= 0.3 is 0 Å². The second-order valence-corrected chi connectivity index (χ2v) is 5.28. The molecule has 1 aromatic carbocycles. The van der Waals surface area contributed by atoms with Crippen LogP contribution in [-0.2, 0) is 11.2 Å². The number of likely N-dealkylation sites (N-methyl/N-ethyl adjacent to an activating group) is 1. The Bertz CT molecular complexity index is 649. The lowest BCUT2D eigenvalue weighted by Crippen LogP contribution is -2.43. The predicted molar refractivity (Wildman–Crippen MR) is 82.8 cm³/mol. The van der Waals surface area contributed by atoms with E-state index in [9.17, 15) is 4.79 Å². The third-order valence-corrected chi connectivity index (χ3v) is 3.88. The molecule has 2 aromatic rings. The quantitative estimate of drug-likeness (QED) is 0.640. The lowest BCUT2D eigenvalue weighted by molar-refractivity contribution is -0.108.